The van der Waals surface area contributed by atoms with Gasteiger partial charge in [0.15, 0.2) is 5.78 Å². The number of aromatic nitrogens is 1. The van der Waals surface area contributed by atoms with Crippen molar-refractivity contribution in [2.24, 2.45) is 11.8 Å². The van der Waals surface area contributed by atoms with Crippen LogP contribution in [0.5, 0.6) is 0 Å². The molecule has 6 heteroatoms. The zero-order valence-electron chi connectivity index (χ0n) is 20.1. The highest BCUT2D eigenvalue weighted by Gasteiger charge is 2.37. The molecule has 1 aliphatic heterocycles. The minimum absolute atomic E-state index is 0.0618. The molecule has 176 valence electrons. The Hall–Kier alpha value is -2.60. The van der Waals surface area contributed by atoms with Crippen LogP contribution in [-0.2, 0) is 17.8 Å². The Morgan fingerprint density at radius 2 is 1.82 bits per heavy atom. The summed E-state index contributed by atoms with van der Waals surface area (Å²) in [5.74, 6) is 0.779. The number of nitrogens with zero attached hydrogens (tertiary/aromatic N) is 3. The molecule has 2 aromatic rings. The van der Waals surface area contributed by atoms with E-state index in [4.69, 9.17) is 0 Å². The molecule has 1 saturated carbocycles. The minimum atomic E-state index is -0.318. The maximum atomic E-state index is 14.5. The smallest absolute Gasteiger partial charge is 0.226 e. The number of hydrogen-bond donors (Lipinski definition) is 0. The number of aryl methyl sites for hydroxylation is 1. The van der Waals surface area contributed by atoms with Crippen LogP contribution in [0.25, 0.3) is 0 Å². The molecule has 0 unspecified atom stereocenters. The van der Waals surface area contributed by atoms with Gasteiger partial charge < -0.3 is 4.90 Å². The first-order valence-electron chi connectivity index (χ1n) is 12.0. The maximum absolute atomic E-state index is 14.5. The van der Waals surface area contributed by atoms with E-state index in [1.165, 1.54) is 6.07 Å². The molecular weight excluding hydrogens is 417 g/mol. The zero-order valence-corrected chi connectivity index (χ0v) is 20.1. The van der Waals surface area contributed by atoms with Crippen LogP contribution < -0.4 is 0 Å². The van der Waals surface area contributed by atoms with Crippen molar-refractivity contribution in [1.82, 2.24) is 14.8 Å². The number of amides is 1. The molecular formula is C27H34FN3O2. The molecule has 2 fully saturated rings. The quantitative estimate of drug-likeness (QED) is 0.613. The van der Waals surface area contributed by atoms with E-state index in [0.717, 1.165) is 48.3 Å². The molecule has 4 rings (SSSR count). The third-order valence-electron chi connectivity index (χ3n) is 7.28. The third-order valence-corrected chi connectivity index (χ3v) is 7.28. The van der Waals surface area contributed by atoms with Crippen molar-refractivity contribution in [3.63, 3.8) is 0 Å². The Morgan fingerprint density at radius 3 is 2.45 bits per heavy atom. The van der Waals surface area contributed by atoms with Crippen molar-refractivity contribution in [3.05, 3.63) is 64.2 Å². The molecule has 0 bridgehead atoms. The number of ketones is 1. The fraction of sp³-hybridized carbons (Fsp3) is 0.519. The van der Waals surface area contributed by atoms with E-state index in [1.807, 2.05) is 24.8 Å². The average Bonchev–Trinajstić information content (AvgIpc) is 2.75. The lowest BCUT2D eigenvalue weighted by atomic mass is 9.75. The molecule has 1 aliphatic carbocycles. The SMILES string of the molecule is Cc1ccc(C(=O)Cc2cc(F)cc(CN3CCN(C(=O)C4CC(C)C4)[C@@H](C)C3)c2C)cn1. The van der Waals surface area contributed by atoms with Crippen molar-refractivity contribution in [2.45, 2.75) is 59.5 Å². The summed E-state index contributed by atoms with van der Waals surface area (Å²) >= 11 is 0. The average molecular weight is 452 g/mol. The number of carbonyl (C=O) groups is 2. The van der Waals surface area contributed by atoms with Gasteiger partial charge in [-0.15, -0.1) is 0 Å². The first-order chi connectivity index (χ1) is 15.7. The number of rotatable bonds is 6. The van der Waals surface area contributed by atoms with E-state index >= 15 is 0 Å². The van der Waals surface area contributed by atoms with Crippen molar-refractivity contribution in [1.29, 1.82) is 0 Å². The number of halogens is 1. The van der Waals surface area contributed by atoms with Crippen LogP contribution in [0.3, 0.4) is 0 Å². The second-order valence-corrected chi connectivity index (χ2v) is 10.0. The van der Waals surface area contributed by atoms with Gasteiger partial charge in [0.2, 0.25) is 5.91 Å². The molecule has 1 aromatic heterocycles. The highest BCUT2D eigenvalue weighted by atomic mass is 19.1. The van der Waals surface area contributed by atoms with Crippen LogP contribution in [0.4, 0.5) is 4.39 Å². The second kappa shape index (κ2) is 9.72. The van der Waals surface area contributed by atoms with Crippen LogP contribution in [0.15, 0.2) is 30.5 Å². The molecule has 1 amide bonds. The van der Waals surface area contributed by atoms with Gasteiger partial charge in [0.25, 0.3) is 0 Å². The van der Waals surface area contributed by atoms with E-state index in [-0.39, 0.29) is 30.0 Å². The summed E-state index contributed by atoms with van der Waals surface area (Å²) in [6, 6.07) is 6.78. The molecule has 0 radical (unpaired) electrons. The standard InChI is InChI=1S/C27H34FN3O2/c1-17-9-23(10-17)27(33)31-8-7-30(15-19(31)3)16-24-12-25(28)11-22(20(24)4)13-26(32)21-6-5-18(2)29-14-21/h5-6,11-12,14,17,19,23H,7-10,13,15-16H2,1-4H3/t17?,19-,23?/m0/s1. The number of Topliss-reactive ketones (excluding diaryl/α,β-unsaturated/α-hetero) is 1. The largest absolute Gasteiger partial charge is 0.337 e. The van der Waals surface area contributed by atoms with Gasteiger partial charge in [0, 0.05) is 62.0 Å². The van der Waals surface area contributed by atoms with Crippen molar-refractivity contribution in [3.8, 4) is 0 Å². The van der Waals surface area contributed by atoms with Gasteiger partial charge >= 0.3 is 0 Å². The molecule has 0 N–H and O–H groups in total. The van der Waals surface area contributed by atoms with Gasteiger partial charge in [-0.3, -0.25) is 19.5 Å². The monoisotopic (exact) mass is 451 g/mol. The fourth-order valence-electron chi connectivity index (χ4n) is 5.14. The maximum Gasteiger partial charge on any atom is 0.226 e. The molecule has 33 heavy (non-hydrogen) atoms. The highest BCUT2D eigenvalue weighted by molar-refractivity contribution is 5.97. The summed E-state index contributed by atoms with van der Waals surface area (Å²) in [7, 11) is 0. The first kappa shape index (κ1) is 23.6. The molecule has 2 heterocycles. The van der Waals surface area contributed by atoms with Crippen LogP contribution in [0, 0.1) is 31.5 Å². The normalized spacial score (nSPS) is 23.3. The third kappa shape index (κ3) is 5.32. The minimum Gasteiger partial charge on any atom is -0.337 e. The van der Waals surface area contributed by atoms with E-state index in [9.17, 15) is 14.0 Å². The second-order valence-electron chi connectivity index (χ2n) is 10.0. The lowest BCUT2D eigenvalue weighted by Crippen LogP contribution is -2.56. The zero-order chi connectivity index (χ0) is 23.7. The Morgan fingerprint density at radius 1 is 1.09 bits per heavy atom. The van der Waals surface area contributed by atoms with Crippen LogP contribution in [0.2, 0.25) is 0 Å². The summed E-state index contributed by atoms with van der Waals surface area (Å²) in [6.45, 7) is 11.0. The number of carbonyl (C=O) groups excluding carboxylic acids is 2. The Bertz CT molecular complexity index is 1030. The van der Waals surface area contributed by atoms with Gasteiger partial charge in [-0.25, -0.2) is 4.39 Å². The molecule has 2 aliphatic rings. The molecule has 1 atom stereocenters. The Labute approximate surface area is 196 Å². The highest BCUT2D eigenvalue weighted by Crippen LogP contribution is 2.35. The molecule has 0 spiro atoms. The number of hydrogen-bond acceptors (Lipinski definition) is 4. The fourth-order valence-corrected chi connectivity index (χ4v) is 5.14. The summed E-state index contributed by atoms with van der Waals surface area (Å²) in [6.07, 6.45) is 3.75. The van der Waals surface area contributed by atoms with Crippen molar-refractivity contribution >= 4 is 11.7 Å². The molecule has 1 aromatic carbocycles. The number of pyridine rings is 1. The van der Waals surface area contributed by atoms with E-state index in [2.05, 4.69) is 23.7 Å². The number of benzene rings is 1. The van der Waals surface area contributed by atoms with Crippen LogP contribution >= 0.6 is 0 Å². The first-order valence-corrected chi connectivity index (χ1v) is 12.0. The van der Waals surface area contributed by atoms with Gasteiger partial charge in [-0.1, -0.05) is 6.92 Å². The summed E-state index contributed by atoms with van der Waals surface area (Å²) < 4.78 is 14.5. The Kier molecular flexibility index (Phi) is 6.94. The summed E-state index contributed by atoms with van der Waals surface area (Å²) in [5, 5.41) is 0. The Balaban J connectivity index is 1.41. The molecule has 5 nitrogen and oxygen atoms in total. The van der Waals surface area contributed by atoms with E-state index in [1.54, 1.807) is 18.3 Å². The van der Waals surface area contributed by atoms with Gasteiger partial charge in [-0.2, -0.15) is 0 Å². The van der Waals surface area contributed by atoms with Gasteiger partial charge in [-0.05, 0) is 80.5 Å². The molecule has 1 saturated heterocycles. The predicted molar refractivity (Wildman–Crippen MR) is 126 cm³/mol. The van der Waals surface area contributed by atoms with Crippen LogP contribution in [-0.4, -0.2) is 52.2 Å². The summed E-state index contributed by atoms with van der Waals surface area (Å²) in [5.41, 5.74) is 3.98. The summed E-state index contributed by atoms with van der Waals surface area (Å²) in [4.78, 5) is 34.0. The lowest BCUT2D eigenvalue weighted by Gasteiger charge is -2.44. The van der Waals surface area contributed by atoms with Crippen molar-refractivity contribution < 1.29 is 14.0 Å². The van der Waals surface area contributed by atoms with Gasteiger partial charge in [0.05, 0.1) is 0 Å². The van der Waals surface area contributed by atoms with Crippen LogP contribution in [0.1, 0.15) is 59.4 Å². The van der Waals surface area contributed by atoms with E-state index < -0.39 is 0 Å². The number of piperazine rings is 1. The van der Waals surface area contributed by atoms with Crippen molar-refractivity contribution in [2.75, 3.05) is 19.6 Å². The predicted octanol–water partition coefficient (Wildman–Crippen LogP) is 4.34. The lowest BCUT2D eigenvalue weighted by molar-refractivity contribution is -0.144. The van der Waals surface area contributed by atoms with Gasteiger partial charge in [0.1, 0.15) is 5.82 Å². The van der Waals surface area contributed by atoms with E-state index in [0.29, 0.717) is 30.5 Å². The topological polar surface area (TPSA) is 53.5 Å².